The lowest BCUT2D eigenvalue weighted by Crippen LogP contribution is -2.27. The van der Waals surface area contributed by atoms with E-state index >= 15 is 0 Å². The Morgan fingerprint density at radius 3 is 2.93 bits per heavy atom. The highest BCUT2D eigenvalue weighted by molar-refractivity contribution is 7.17. The molecule has 0 radical (unpaired) electrons. The van der Waals surface area contributed by atoms with Crippen LogP contribution in [0, 0.1) is 0 Å². The molecule has 2 rings (SSSR count). The predicted molar refractivity (Wildman–Crippen MR) is 58.4 cm³/mol. The summed E-state index contributed by atoms with van der Waals surface area (Å²) >= 11 is 1.47. The minimum Gasteiger partial charge on any atom is -0.480 e. The highest BCUT2D eigenvalue weighted by atomic mass is 32.1. The average molecular weight is 223 g/mol. The fourth-order valence-corrected chi connectivity index (χ4v) is 2.18. The first-order chi connectivity index (χ1) is 7.11. The molecular formula is C10H9NO3S. The van der Waals surface area contributed by atoms with Gasteiger partial charge >= 0.3 is 5.97 Å². The van der Waals surface area contributed by atoms with Crippen LogP contribution in [0.3, 0.4) is 0 Å². The lowest BCUT2D eigenvalue weighted by atomic mass is 10.3. The van der Waals surface area contributed by atoms with Crippen molar-refractivity contribution < 1.29 is 9.90 Å². The molecule has 0 spiro atoms. The fourth-order valence-electron chi connectivity index (χ4n) is 1.41. The van der Waals surface area contributed by atoms with Crippen LogP contribution in [0.1, 0.15) is 13.0 Å². The Kier molecular flexibility index (Phi) is 2.32. The molecule has 0 aromatic carbocycles. The first kappa shape index (κ1) is 9.92. The molecule has 2 aromatic heterocycles. The van der Waals surface area contributed by atoms with Gasteiger partial charge in [-0.3, -0.25) is 4.79 Å². The van der Waals surface area contributed by atoms with Crippen LogP contribution in [-0.2, 0) is 4.79 Å². The number of carboxylic acid groups (broad SMARTS) is 1. The molecule has 0 bridgehead atoms. The largest absolute Gasteiger partial charge is 0.480 e. The lowest BCUT2D eigenvalue weighted by Gasteiger charge is -2.09. The summed E-state index contributed by atoms with van der Waals surface area (Å²) in [5.41, 5.74) is -0.247. The number of hydrogen-bond donors (Lipinski definition) is 1. The summed E-state index contributed by atoms with van der Waals surface area (Å²) in [5.74, 6) is -1.01. The molecule has 1 N–H and O–H groups in total. The molecule has 0 aliphatic heterocycles. The van der Waals surface area contributed by atoms with Crippen LogP contribution in [0.2, 0.25) is 0 Å². The summed E-state index contributed by atoms with van der Waals surface area (Å²) in [5, 5.41) is 11.2. The molecule has 0 amide bonds. The van der Waals surface area contributed by atoms with Crippen LogP contribution in [-0.4, -0.2) is 15.6 Å². The molecule has 2 aromatic rings. The predicted octanol–water partition coefficient (Wildman–Crippen LogP) is 1.71. The third kappa shape index (κ3) is 1.55. The van der Waals surface area contributed by atoms with Gasteiger partial charge < -0.3 is 9.67 Å². The van der Waals surface area contributed by atoms with Gasteiger partial charge in [-0.25, -0.2) is 4.79 Å². The van der Waals surface area contributed by atoms with Crippen molar-refractivity contribution in [3.8, 4) is 0 Å². The summed E-state index contributed by atoms with van der Waals surface area (Å²) in [7, 11) is 0. The number of thiophene rings is 1. The number of nitrogens with zero attached hydrogens (tertiary/aromatic N) is 1. The lowest BCUT2D eigenvalue weighted by molar-refractivity contribution is -0.140. The third-order valence-corrected chi connectivity index (χ3v) is 3.20. The molecule has 0 saturated heterocycles. The molecular weight excluding hydrogens is 214 g/mol. The van der Waals surface area contributed by atoms with Gasteiger partial charge in [-0.05, 0) is 24.4 Å². The van der Waals surface area contributed by atoms with Crippen LogP contribution < -0.4 is 5.56 Å². The van der Waals surface area contributed by atoms with Crippen LogP contribution in [0.4, 0.5) is 0 Å². The van der Waals surface area contributed by atoms with E-state index in [2.05, 4.69) is 0 Å². The third-order valence-electron chi connectivity index (χ3n) is 2.32. The van der Waals surface area contributed by atoms with Gasteiger partial charge in [0.15, 0.2) is 0 Å². The zero-order chi connectivity index (χ0) is 11.0. The van der Waals surface area contributed by atoms with E-state index in [1.807, 2.05) is 5.38 Å². The van der Waals surface area contributed by atoms with E-state index in [0.717, 1.165) is 4.70 Å². The Morgan fingerprint density at radius 1 is 1.53 bits per heavy atom. The van der Waals surface area contributed by atoms with Gasteiger partial charge in [0.05, 0.1) is 5.39 Å². The van der Waals surface area contributed by atoms with Crippen LogP contribution in [0.15, 0.2) is 28.5 Å². The number of hydrogen-bond acceptors (Lipinski definition) is 3. The number of carboxylic acids is 1. The van der Waals surface area contributed by atoms with Crippen molar-refractivity contribution in [2.75, 3.05) is 0 Å². The smallest absolute Gasteiger partial charge is 0.326 e. The van der Waals surface area contributed by atoms with E-state index in [1.165, 1.54) is 29.0 Å². The van der Waals surface area contributed by atoms with Crippen molar-refractivity contribution in [1.29, 1.82) is 0 Å². The monoisotopic (exact) mass is 223 g/mol. The Balaban J connectivity index is 2.67. The number of carbonyl (C=O) groups is 1. The maximum Gasteiger partial charge on any atom is 0.326 e. The molecule has 0 saturated carbocycles. The van der Waals surface area contributed by atoms with Crippen LogP contribution in [0.5, 0.6) is 0 Å². The van der Waals surface area contributed by atoms with Gasteiger partial charge in [-0.1, -0.05) is 0 Å². The van der Waals surface area contributed by atoms with Crippen molar-refractivity contribution in [3.05, 3.63) is 34.1 Å². The van der Waals surface area contributed by atoms with E-state index in [9.17, 15) is 9.59 Å². The Labute approximate surface area is 89.4 Å². The molecule has 2 heterocycles. The molecule has 5 heteroatoms. The summed E-state index contributed by atoms with van der Waals surface area (Å²) in [6.45, 7) is 1.49. The van der Waals surface area contributed by atoms with Gasteiger partial charge in [0.1, 0.15) is 6.04 Å². The zero-order valence-electron chi connectivity index (χ0n) is 8.01. The molecule has 0 fully saturated rings. The SMILES string of the molecule is CC(C(=O)O)n1ccc2sccc2c1=O. The van der Waals surface area contributed by atoms with E-state index in [1.54, 1.807) is 12.1 Å². The molecule has 15 heavy (non-hydrogen) atoms. The zero-order valence-corrected chi connectivity index (χ0v) is 8.82. The first-order valence-electron chi connectivity index (χ1n) is 4.42. The van der Waals surface area contributed by atoms with Gasteiger partial charge in [0.25, 0.3) is 5.56 Å². The number of fused-ring (bicyclic) bond motifs is 1. The van der Waals surface area contributed by atoms with E-state index in [0.29, 0.717) is 5.39 Å². The second kappa shape index (κ2) is 3.51. The quantitative estimate of drug-likeness (QED) is 0.843. The number of pyridine rings is 1. The summed E-state index contributed by atoms with van der Waals surface area (Å²) in [6, 6.07) is 2.65. The Morgan fingerprint density at radius 2 is 2.27 bits per heavy atom. The minimum absolute atomic E-state index is 0.247. The summed E-state index contributed by atoms with van der Waals surface area (Å²) < 4.78 is 2.12. The molecule has 0 aliphatic rings. The second-order valence-electron chi connectivity index (χ2n) is 3.24. The Bertz CT molecular complexity index is 569. The van der Waals surface area contributed by atoms with E-state index in [-0.39, 0.29) is 5.56 Å². The number of aromatic nitrogens is 1. The highest BCUT2D eigenvalue weighted by Gasteiger charge is 2.15. The normalized spacial score (nSPS) is 12.9. The van der Waals surface area contributed by atoms with Crippen molar-refractivity contribution in [3.63, 3.8) is 0 Å². The molecule has 1 unspecified atom stereocenters. The van der Waals surface area contributed by atoms with Crippen molar-refractivity contribution in [2.45, 2.75) is 13.0 Å². The fraction of sp³-hybridized carbons (Fsp3) is 0.200. The number of rotatable bonds is 2. The summed E-state index contributed by atoms with van der Waals surface area (Å²) in [4.78, 5) is 22.6. The van der Waals surface area contributed by atoms with E-state index in [4.69, 9.17) is 5.11 Å². The second-order valence-corrected chi connectivity index (χ2v) is 4.19. The van der Waals surface area contributed by atoms with Crippen LogP contribution >= 0.6 is 11.3 Å². The van der Waals surface area contributed by atoms with Gasteiger partial charge in [-0.15, -0.1) is 11.3 Å². The maximum atomic E-state index is 11.8. The van der Waals surface area contributed by atoms with Crippen LogP contribution in [0.25, 0.3) is 10.1 Å². The summed E-state index contributed by atoms with van der Waals surface area (Å²) in [6.07, 6.45) is 1.53. The maximum absolute atomic E-state index is 11.8. The van der Waals surface area contributed by atoms with Crippen molar-refractivity contribution in [1.82, 2.24) is 4.57 Å². The highest BCUT2D eigenvalue weighted by Crippen LogP contribution is 2.17. The van der Waals surface area contributed by atoms with Crippen molar-refractivity contribution >= 4 is 27.4 Å². The van der Waals surface area contributed by atoms with Gasteiger partial charge in [0.2, 0.25) is 0 Å². The molecule has 0 aliphatic carbocycles. The van der Waals surface area contributed by atoms with Crippen molar-refractivity contribution in [2.24, 2.45) is 0 Å². The average Bonchev–Trinajstić information content (AvgIpc) is 2.66. The van der Waals surface area contributed by atoms with Gasteiger partial charge in [-0.2, -0.15) is 0 Å². The van der Waals surface area contributed by atoms with E-state index < -0.39 is 12.0 Å². The Hall–Kier alpha value is -1.62. The van der Waals surface area contributed by atoms with Gasteiger partial charge in [0, 0.05) is 10.9 Å². The minimum atomic E-state index is -1.01. The molecule has 4 nitrogen and oxygen atoms in total. The topological polar surface area (TPSA) is 59.3 Å². The standard InChI is InChI=1S/C10H9NO3S/c1-6(10(13)14)11-4-2-8-7(9(11)12)3-5-15-8/h2-6H,1H3,(H,13,14). The molecule has 1 atom stereocenters. The molecule has 78 valence electrons. The first-order valence-corrected chi connectivity index (χ1v) is 5.30. The number of aliphatic carboxylic acids is 1.